The Kier molecular flexibility index (Phi) is 4.10. The standard InChI is InChI=1S/C13H23N5S/c1-6-7-10-11-12(17(5)15-10)18(13(19)14-11)9(2)8-16(3)4/h9H,6-8H2,1-5H3,(H,14,19). The van der Waals surface area contributed by atoms with Gasteiger partial charge in [0.25, 0.3) is 0 Å². The average Bonchev–Trinajstić information content (AvgIpc) is 2.77. The van der Waals surface area contributed by atoms with E-state index in [-0.39, 0.29) is 0 Å². The summed E-state index contributed by atoms with van der Waals surface area (Å²) in [5.41, 5.74) is 3.31. The van der Waals surface area contributed by atoms with E-state index in [9.17, 15) is 0 Å². The molecular formula is C13H23N5S. The zero-order valence-electron chi connectivity index (χ0n) is 12.4. The van der Waals surface area contributed by atoms with Gasteiger partial charge in [-0.25, -0.2) is 0 Å². The average molecular weight is 281 g/mol. The van der Waals surface area contributed by atoms with Crippen molar-refractivity contribution in [3.63, 3.8) is 0 Å². The molecule has 106 valence electrons. The van der Waals surface area contributed by atoms with Crippen LogP contribution in [0.5, 0.6) is 0 Å². The fourth-order valence-corrected chi connectivity index (χ4v) is 3.04. The maximum absolute atomic E-state index is 5.49. The van der Waals surface area contributed by atoms with Gasteiger partial charge in [-0.15, -0.1) is 0 Å². The number of aromatic amines is 1. The van der Waals surface area contributed by atoms with Crippen molar-refractivity contribution in [2.45, 2.75) is 32.7 Å². The Bertz CT molecular complexity index is 619. The second-order valence-corrected chi connectivity index (χ2v) is 5.82. The summed E-state index contributed by atoms with van der Waals surface area (Å²) in [7, 11) is 6.15. The topological polar surface area (TPSA) is 41.8 Å². The summed E-state index contributed by atoms with van der Waals surface area (Å²) in [5.74, 6) is 0. The Morgan fingerprint density at radius 1 is 1.42 bits per heavy atom. The van der Waals surface area contributed by atoms with Crippen LogP contribution >= 0.6 is 12.2 Å². The molecule has 0 spiro atoms. The van der Waals surface area contributed by atoms with E-state index in [4.69, 9.17) is 12.2 Å². The van der Waals surface area contributed by atoms with Crippen molar-refractivity contribution in [2.75, 3.05) is 20.6 Å². The Hall–Kier alpha value is -1.14. The Morgan fingerprint density at radius 3 is 2.68 bits per heavy atom. The highest BCUT2D eigenvalue weighted by molar-refractivity contribution is 7.71. The third kappa shape index (κ3) is 2.60. The van der Waals surface area contributed by atoms with Crippen molar-refractivity contribution in [1.82, 2.24) is 24.2 Å². The van der Waals surface area contributed by atoms with Gasteiger partial charge in [-0.05, 0) is 39.7 Å². The first-order chi connectivity index (χ1) is 8.95. The molecule has 19 heavy (non-hydrogen) atoms. The fraction of sp³-hybridized carbons (Fsp3) is 0.692. The van der Waals surface area contributed by atoms with Crippen LogP contribution in [-0.2, 0) is 13.5 Å². The summed E-state index contributed by atoms with van der Waals surface area (Å²) < 4.78 is 4.91. The van der Waals surface area contributed by atoms with Gasteiger partial charge in [-0.3, -0.25) is 9.25 Å². The minimum absolute atomic E-state index is 0.320. The highest BCUT2D eigenvalue weighted by atomic mass is 32.1. The van der Waals surface area contributed by atoms with Gasteiger partial charge in [0.15, 0.2) is 10.4 Å². The van der Waals surface area contributed by atoms with Crippen molar-refractivity contribution in [3.05, 3.63) is 10.5 Å². The van der Waals surface area contributed by atoms with E-state index < -0.39 is 0 Å². The maximum Gasteiger partial charge on any atom is 0.179 e. The van der Waals surface area contributed by atoms with Crippen molar-refractivity contribution in [3.8, 4) is 0 Å². The van der Waals surface area contributed by atoms with E-state index in [1.807, 2.05) is 11.7 Å². The van der Waals surface area contributed by atoms with E-state index in [0.29, 0.717) is 6.04 Å². The second kappa shape index (κ2) is 5.46. The van der Waals surface area contributed by atoms with Gasteiger partial charge >= 0.3 is 0 Å². The molecule has 5 nitrogen and oxygen atoms in total. The first-order valence-corrected chi connectivity index (χ1v) is 7.17. The number of hydrogen-bond donors (Lipinski definition) is 1. The summed E-state index contributed by atoms with van der Waals surface area (Å²) >= 11 is 5.49. The molecule has 0 radical (unpaired) electrons. The molecule has 0 aliphatic rings. The smallest absolute Gasteiger partial charge is 0.179 e. The van der Waals surface area contributed by atoms with Crippen molar-refractivity contribution >= 4 is 23.4 Å². The lowest BCUT2D eigenvalue weighted by Gasteiger charge is -2.18. The van der Waals surface area contributed by atoms with E-state index in [2.05, 4.69) is 47.5 Å². The lowest BCUT2D eigenvalue weighted by atomic mass is 10.2. The van der Waals surface area contributed by atoms with Crippen LogP contribution < -0.4 is 0 Å². The summed E-state index contributed by atoms with van der Waals surface area (Å²) in [5, 5.41) is 4.61. The van der Waals surface area contributed by atoms with Crippen LogP contribution in [0.25, 0.3) is 11.2 Å². The molecule has 1 N–H and O–H groups in total. The zero-order valence-corrected chi connectivity index (χ0v) is 13.2. The number of aryl methyl sites for hydroxylation is 2. The minimum atomic E-state index is 0.320. The third-order valence-electron chi connectivity index (χ3n) is 3.33. The van der Waals surface area contributed by atoms with Crippen molar-refractivity contribution in [2.24, 2.45) is 7.05 Å². The molecule has 0 aromatic carbocycles. The van der Waals surface area contributed by atoms with Gasteiger partial charge in [0, 0.05) is 19.6 Å². The molecular weight excluding hydrogens is 258 g/mol. The van der Waals surface area contributed by atoms with Crippen LogP contribution in [0.4, 0.5) is 0 Å². The van der Waals surface area contributed by atoms with E-state index in [1.54, 1.807) is 0 Å². The van der Waals surface area contributed by atoms with Gasteiger partial charge in [0.05, 0.1) is 5.69 Å². The lowest BCUT2D eigenvalue weighted by molar-refractivity contribution is 0.337. The number of aromatic nitrogens is 4. The molecule has 0 aliphatic carbocycles. The number of fused-ring (bicyclic) bond motifs is 1. The van der Waals surface area contributed by atoms with Crippen LogP contribution in [-0.4, -0.2) is 44.9 Å². The number of H-pyrrole nitrogens is 1. The second-order valence-electron chi connectivity index (χ2n) is 5.43. The molecule has 1 unspecified atom stereocenters. The predicted molar refractivity (Wildman–Crippen MR) is 81.1 cm³/mol. The van der Waals surface area contributed by atoms with Crippen LogP contribution in [0.3, 0.4) is 0 Å². The molecule has 0 amide bonds. The first-order valence-electron chi connectivity index (χ1n) is 6.76. The third-order valence-corrected chi connectivity index (χ3v) is 3.62. The summed E-state index contributed by atoms with van der Waals surface area (Å²) in [4.78, 5) is 5.51. The SMILES string of the molecule is CCCc1nn(C)c2c1[nH]c(=S)n2C(C)CN(C)C. The van der Waals surface area contributed by atoms with Gasteiger partial charge in [-0.2, -0.15) is 5.10 Å². The molecule has 2 aromatic rings. The van der Waals surface area contributed by atoms with Gasteiger partial charge in [0.2, 0.25) is 0 Å². The summed E-state index contributed by atoms with van der Waals surface area (Å²) in [6.07, 6.45) is 2.07. The normalized spacial score (nSPS) is 13.6. The van der Waals surface area contributed by atoms with Crippen LogP contribution in [0.15, 0.2) is 0 Å². The molecule has 2 rings (SSSR count). The highest BCUT2D eigenvalue weighted by Crippen LogP contribution is 2.22. The zero-order chi connectivity index (χ0) is 14.2. The van der Waals surface area contributed by atoms with Gasteiger partial charge < -0.3 is 9.88 Å². The molecule has 2 heterocycles. The number of nitrogens with zero attached hydrogens (tertiary/aromatic N) is 4. The largest absolute Gasteiger partial charge is 0.328 e. The molecule has 0 fully saturated rings. The number of nitrogens with one attached hydrogen (secondary N) is 1. The Balaban J connectivity index is 2.55. The molecule has 0 bridgehead atoms. The fourth-order valence-electron chi connectivity index (χ4n) is 2.67. The molecule has 6 heteroatoms. The van der Waals surface area contributed by atoms with Gasteiger partial charge in [0.1, 0.15) is 5.52 Å². The molecule has 0 aliphatic heterocycles. The van der Waals surface area contributed by atoms with Crippen molar-refractivity contribution < 1.29 is 0 Å². The Morgan fingerprint density at radius 2 is 2.11 bits per heavy atom. The molecule has 0 saturated carbocycles. The van der Waals surface area contributed by atoms with E-state index in [1.165, 1.54) is 0 Å². The van der Waals surface area contributed by atoms with Crippen LogP contribution in [0.2, 0.25) is 0 Å². The van der Waals surface area contributed by atoms with Crippen LogP contribution in [0.1, 0.15) is 32.0 Å². The number of hydrogen-bond acceptors (Lipinski definition) is 3. The molecule has 2 aromatic heterocycles. The van der Waals surface area contributed by atoms with E-state index in [0.717, 1.165) is 41.0 Å². The van der Waals surface area contributed by atoms with Crippen molar-refractivity contribution in [1.29, 1.82) is 0 Å². The number of imidazole rings is 1. The highest BCUT2D eigenvalue weighted by Gasteiger charge is 2.18. The predicted octanol–water partition coefficient (Wildman–Crippen LogP) is 2.51. The minimum Gasteiger partial charge on any atom is -0.328 e. The molecule has 1 atom stereocenters. The van der Waals surface area contributed by atoms with Crippen LogP contribution in [0, 0.1) is 4.77 Å². The lowest BCUT2D eigenvalue weighted by Crippen LogP contribution is -2.23. The first kappa shape index (κ1) is 14.3. The molecule has 0 saturated heterocycles. The maximum atomic E-state index is 5.49. The quantitative estimate of drug-likeness (QED) is 0.856. The monoisotopic (exact) mass is 281 g/mol. The summed E-state index contributed by atoms with van der Waals surface area (Å²) in [6, 6.07) is 0.320. The number of rotatable bonds is 5. The Labute approximate surface area is 119 Å². The van der Waals surface area contributed by atoms with Gasteiger partial charge in [-0.1, -0.05) is 13.3 Å². The number of likely N-dealkylation sites (N-methyl/N-ethyl adjacent to an activating group) is 1. The summed E-state index contributed by atoms with van der Waals surface area (Å²) in [6.45, 7) is 5.31. The van der Waals surface area contributed by atoms with E-state index >= 15 is 0 Å².